The van der Waals surface area contributed by atoms with E-state index in [1.165, 1.54) is 19.1 Å². The summed E-state index contributed by atoms with van der Waals surface area (Å²) in [7, 11) is 3.06. The van der Waals surface area contributed by atoms with Crippen LogP contribution in [0.25, 0.3) is 5.76 Å². The summed E-state index contributed by atoms with van der Waals surface area (Å²) in [5.74, 6) is 0.220. The van der Waals surface area contributed by atoms with E-state index >= 15 is 0 Å². The second-order valence-electron chi connectivity index (χ2n) is 9.44. The Morgan fingerprint density at radius 2 is 1.58 bits per heavy atom. The number of amides is 1. The molecule has 1 heterocycles. The van der Waals surface area contributed by atoms with Crippen LogP contribution in [-0.2, 0) is 9.59 Å². The number of ketones is 1. The van der Waals surface area contributed by atoms with Crippen molar-refractivity contribution in [3.8, 4) is 17.2 Å². The number of methoxy groups -OCH3 is 2. The van der Waals surface area contributed by atoms with Gasteiger partial charge in [-0.3, -0.25) is 14.5 Å². The quantitative estimate of drug-likeness (QED) is 0.220. The lowest BCUT2D eigenvalue weighted by Gasteiger charge is -2.26. The number of rotatable bonds is 8. The van der Waals surface area contributed by atoms with Crippen LogP contribution in [0.15, 0.2) is 66.2 Å². The summed E-state index contributed by atoms with van der Waals surface area (Å²) in [5, 5.41) is 11.5. The van der Waals surface area contributed by atoms with Crippen LogP contribution in [-0.4, -0.2) is 37.6 Å². The van der Waals surface area contributed by atoms with E-state index in [1.807, 2.05) is 38.1 Å². The van der Waals surface area contributed by atoms with Gasteiger partial charge in [0, 0.05) is 11.3 Å². The highest BCUT2D eigenvalue weighted by molar-refractivity contribution is 6.51. The molecule has 1 atom stereocenters. The van der Waals surface area contributed by atoms with Gasteiger partial charge < -0.3 is 19.3 Å². The molecule has 1 unspecified atom stereocenters. The molecule has 0 radical (unpaired) electrons. The van der Waals surface area contributed by atoms with Crippen LogP contribution >= 0.6 is 0 Å². The van der Waals surface area contributed by atoms with E-state index in [2.05, 4.69) is 13.8 Å². The number of hydrogen-bond acceptors (Lipinski definition) is 6. The summed E-state index contributed by atoms with van der Waals surface area (Å²) < 4.78 is 16.5. The molecule has 38 heavy (non-hydrogen) atoms. The maximum atomic E-state index is 13.5. The van der Waals surface area contributed by atoms with Crippen LogP contribution in [0.4, 0.5) is 5.69 Å². The van der Waals surface area contributed by atoms with Gasteiger partial charge in [0.2, 0.25) is 0 Å². The zero-order chi connectivity index (χ0) is 27.6. The highest BCUT2D eigenvalue weighted by Crippen LogP contribution is 2.44. The first-order valence-corrected chi connectivity index (χ1v) is 12.6. The van der Waals surface area contributed by atoms with Crippen LogP contribution in [0, 0.1) is 6.92 Å². The molecule has 0 bridgehead atoms. The van der Waals surface area contributed by atoms with Gasteiger partial charge in [-0.15, -0.1) is 0 Å². The van der Waals surface area contributed by atoms with Crippen molar-refractivity contribution in [1.82, 2.24) is 0 Å². The Balaban J connectivity index is 1.92. The average molecular weight is 516 g/mol. The zero-order valence-corrected chi connectivity index (χ0v) is 22.6. The lowest BCUT2D eigenvalue weighted by molar-refractivity contribution is -0.132. The van der Waals surface area contributed by atoms with Gasteiger partial charge in [-0.1, -0.05) is 32.0 Å². The summed E-state index contributed by atoms with van der Waals surface area (Å²) >= 11 is 0. The highest BCUT2D eigenvalue weighted by Gasteiger charge is 2.47. The predicted octanol–water partition coefficient (Wildman–Crippen LogP) is 6.16. The Bertz CT molecular complexity index is 1390. The number of hydrogen-bond donors (Lipinski definition) is 1. The minimum absolute atomic E-state index is 0.00119. The number of nitrogens with zero attached hydrogens (tertiary/aromatic N) is 1. The summed E-state index contributed by atoms with van der Waals surface area (Å²) in [6, 6.07) is 17.1. The topological polar surface area (TPSA) is 85.3 Å². The van der Waals surface area contributed by atoms with E-state index < -0.39 is 17.7 Å². The van der Waals surface area contributed by atoms with E-state index in [4.69, 9.17) is 14.2 Å². The van der Waals surface area contributed by atoms with Gasteiger partial charge in [-0.05, 0) is 78.9 Å². The molecule has 0 spiro atoms. The van der Waals surface area contributed by atoms with Crippen molar-refractivity contribution in [2.45, 2.75) is 39.7 Å². The maximum absolute atomic E-state index is 13.5. The van der Waals surface area contributed by atoms with Gasteiger partial charge in [0.05, 0.1) is 32.4 Å². The minimum atomic E-state index is -0.883. The number of aryl methyl sites for hydroxylation is 1. The SMILES string of the molecule is CCOc1ccc(/C(O)=C2/C(=O)C(=O)N(c3ccc(C(C)C)cc3)C2c2ccc(OC)c(OC)c2)cc1C. The van der Waals surface area contributed by atoms with Crippen molar-refractivity contribution >= 4 is 23.1 Å². The first-order chi connectivity index (χ1) is 18.2. The fourth-order valence-electron chi connectivity index (χ4n) is 4.73. The molecule has 3 aromatic carbocycles. The molecule has 1 saturated heterocycles. The van der Waals surface area contributed by atoms with Crippen molar-refractivity contribution in [3.63, 3.8) is 0 Å². The Hall–Kier alpha value is -4.26. The largest absolute Gasteiger partial charge is 0.507 e. The standard InChI is InChI=1S/C31H33NO6/c1-7-38-24-14-11-22(16-19(24)4)29(33)27-28(21-10-15-25(36-5)26(17-21)37-6)32(31(35)30(27)34)23-12-8-20(9-13-23)18(2)3/h8-18,28,33H,7H2,1-6H3/b29-27-. The minimum Gasteiger partial charge on any atom is -0.507 e. The van der Waals surface area contributed by atoms with Crippen LogP contribution in [0.5, 0.6) is 17.2 Å². The van der Waals surface area contributed by atoms with Gasteiger partial charge >= 0.3 is 0 Å². The number of ether oxygens (including phenoxy) is 3. The molecule has 7 nitrogen and oxygen atoms in total. The molecule has 0 aliphatic carbocycles. The summed E-state index contributed by atoms with van der Waals surface area (Å²) in [4.78, 5) is 28.4. The van der Waals surface area contributed by atoms with E-state index in [-0.39, 0.29) is 11.3 Å². The fourth-order valence-corrected chi connectivity index (χ4v) is 4.73. The van der Waals surface area contributed by atoms with Crippen molar-refractivity contribution in [1.29, 1.82) is 0 Å². The molecule has 1 N–H and O–H groups in total. The third kappa shape index (κ3) is 4.84. The Morgan fingerprint density at radius 1 is 0.921 bits per heavy atom. The van der Waals surface area contributed by atoms with Crippen LogP contribution in [0.3, 0.4) is 0 Å². The first-order valence-electron chi connectivity index (χ1n) is 12.6. The van der Waals surface area contributed by atoms with Crippen LogP contribution in [0.1, 0.15) is 55.0 Å². The van der Waals surface area contributed by atoms with E-state index in [1.54, 1.807) is 36.4 Å². The molecule has 1 aliphatic rings. The molecule has 1 amide bonds. The Labute approximate surface area is 223 Å². The maximum Gasteiger partial charge on any atom is 0.300 e. The average Bonchev–Trinajstić information content (AvgIpc) is 3.19. The molecule has 1 fully saturated rings. The van der Waals surface area contributed by atoms with Crippen molar-refractivity contribution in [3.05, 3.63) is 88.5 Å². The van der Waals surface area contributed by atoms with Gasteiger partial charge in [-0.25, -0.2) is 0 Å². The van der Waals surface area contributed by atoms with Gasteiger partial charge in [-0.2, -0.15) is 0 Å². The van der Waals surface area contributed by atoms with E-state index in [0.717, 1.165) is 11.1 Å². The molecule has 0 aromatic heterocycles. The molecule has 0 saturated carbocycles. The van der Waals surface area contributed by atoms with Crippen molar-refractivity contribution in [2.75, 3.05) is 25.7 Å². The molecule has 1 aliphatic heterocycles. The van der Waals surface area contributed by atoms with E-state index in [9.17, 15) is 14.7 Å². The van der Waals surface area contributed by atoms with Gasteiger partial charge in [0.1, 0.15) is 11.5 Å². The lowest BCUT2D eigenvalue weighted by atomic mass is 9.94. The summed E-state index contributed by atoms with van der Waals surface area (Å²) in [6.07, 6.45) is 0. The van der Waals surface area contributed by atoms with Gasteiger partial charge in [0.15, 0.2) is 11.5 Å². The van der Waals surface area contributed by atoms with Gasteiger partial charge in [0.25, 0.3) is 11.7 Å². The number of Topliss-reactive ketones (excluding diaryl/α,β-unsaturated/α-hetero) is 1. The van der Waals surface area contributed by atoms with Crippen molar-refractivity contribution < 1.29 is 28.9 Å². The Morgan fingerprint density at radius 3 is 2.16 bits per heavy atom. The van der Waals surface area contributed by atoms with E-state index in [0.29, 0.717) is 46.6 Å². The third-order valence-electron chi connectivity index (χ3n) is 6.75. The second kappa shape index (κ2) is 11.0. The van der Waals surface area contributed by atoms with Crippen LogP contribution in [0.2, 0.25) is 0 Å². The number of aliphatic hydroxyl groups excluding tert-OH is 1. The third-order valence-corrected chi connectivity index (χ3v) is 6.75. The normalized spacial score (nSPS) is 16.7. The molecule has 198 valence electrons. The highest BCUT2D eigenvalue weighted by atomic mass is 16.5. The number of benzene rings is 3. The van der Waals surface area contributed by atoms with Crippen molar-refractivity contribution in [2.24, 2.45) is 0 Å². The summed E-state index contributed by atoms with van der Waals surface area (Å²) in [5.41, 5.74) is 3.48. The fraction of sp³-hybridized carbons (Fsp3) is 0.290. The first kappa shape index (κ1) is 26.8. The molecular weight excluding hydrogens is 482 g/mol. The zero-order valence-electron chi connectivity index (χ0n) is 22.6. The smallest absolute Gasteiger partial charge is 0.300 e. The predicted molar refractivity (Wildman–Crippen MR) is 147 cm³/mol. The monoisotopic (exact) mass is 515 g/mol. The second-order valence-corrected chi connectivity index (χ2v) is 9.44. The summed E-state index contributed by atoms with van der Waals surface area (Å²) in [6.45, 7) is 8.44. The molecule has 7 heteroatoms. The lowest BCUT2D eigenvalue weighted by Crippen LogP contribution is -2.29. The number of carbonyl (C=O) groups excluding carboxylic acids is 2. The Kier molecular flexibility index (Phi) is 7.76. The molecular formula is C31H33NO6. The molecule has 4 rings (SSSR count). The number of carbonyl (C=O) groups is 2. The number of anilines is 1. The van der Waals surface area contributed by atoms with Crippen LogP contribution < -0.4 is 19.1 Å². The number of aliphatic hydroxyl groups is 1. The molecule has 3 aromatic rings.